The van der Waals surface area contributed by atoms with Crippen LogP contribution in [-0.4, -0.2) is 20.1 Å². The second-order valence-corrected chi connectivity index (χ2v) is 7.80. The summed E-state index contributed by atoms with van der Waals surface area (Å²) in [6.07, 6.45) is 0. The van der Waals surface area contributed by atoms with Crippen LogP contribution < -0.4 is 19.8 Å². The van der Waals surface area contributed by atoms with Gasteiger partial charge in [0, 0.05) is 10.7 Å². The van der Waals surface area contributed by atoms with Crippen LogP contribution in [0.25, 0.3) is 11.0 Å². The predicted octanol–water partition coefficient (Wildman–Crippen LogP) is 5.21. The molecule has 32 heavy (non-hydrogen) atoms. The SMILES string of the molecule is COc1ccc(N2C(=O)c3oc4ccc(Cl)cc4c(=O)c3C2c2cccc(OC)c2)cc1. The summed E-state index contributed by atoms with van der Waals surface area (Å²) in [7, 11) is 3.14. The van der Waals surface area contributed by atoms with Gasteiger partial charge in [0.25, 0.3) is 5.91 Å². The Morgan fingerprint density at radius 1 is 0.906 bits per heavy atom. The number of nitrogens with zero attached hydrogens (tertiary/aromatic N) is 1. The maximum Gasteiger partial charge on any atom is 0.295 e. The fraction of sp³-hybridized carbons (Fsp3) is 0.120. The van der Waals surface area contributed by atoms with Crippen molar-refractivity contribution in [2.45, 2.75) is 6.04 Å². The van der Waals surface area contributed by atoms with Crippen LogP contribution in [-0.2, 0) is 0 Å². The van der Waals surface area contributed by atoms with Crippen LogP contribution in [0.1, 0.15) is 27.7 Å². The van der Waals surface area contributed by atoms with Crippen LogP contribution in [0.15, 0.2) is 75.9 Å². The number of hydrogen-bond donors (Lipinski definition) is 0. The third kappa shape index (κ3) is 3.11. The molecular weight excluding hydrogens is 430 g/mol. The zero-order chi connectivity index (χ0) is 22.4. The van der Waals surface area contributed by atoms with Crippen molar-refractivity contribution < 1.29 is 18.7 Å². The maximum absolute atomic E-state index is 13.6. The fourth-order valence-corrected chi connectivity index (χ4v) is 4.25. The number of halogens is 1. The number of rotatable bonds is 4. The Balaban J connectivity index is 1.79. The van der Waals surface area contributed by atoms with Crippen LogP contribution in [0.5, 0.6) is 11.5 Å². The first-order chi connectivity index (χ1) is 15.5. The molecule has 1 amide bonds. The third-order valence-corrected chi connectivity index (χ3v) is 5.83. The highest BCUT2D eigenvalue weighted by molar-refractivity contribution is 6.31. The summed E-state index contributed by atoms with van der Waals surface area (Å²) in [4.78, 5) is 28.7. The Morgan fingerprint density at radius 3 is 2.38 bits per heavy atom. The molecule has 0 fully saturated rings. The van der Waals surface area contributed by atoms with Gasteiger partial charge in [-0.1, -0.05) is 23.7 Å². The van der Waals surface area contributed by atoms with Gasteiger partial charge in [-0.15, -0.1) is 0 Å². The van der Waals surface area contributed by atoms with Gasteiger partial charge < -0.3 is 13.9 Å². The molecule has 0 bridgehead atoms. The number of ether oxygens (including phenoxy) is 2. The fourth-order valence-electron chi connectivity index (χ4n) is 4.08. The van der Waals surface area contributed by atoms with E-state index >= 15 is 0 Å². The van der Waals surface area contributed by atoms with Crippen LogP contribution in [0.2, 0.25) is 5.02 Å². The van der Waals surface area contributed by atoms with Gasteiger partial charge in [-0.25, -0.2) is 0 Å². The lowest BCUT2D eigenvalue weighted by atomic mass is 9.98. The molecule has 3 aromatic carbocycles. The van der Waals surface area contributed by atoms with Gasteiger partial charge in [-0.3, -0.25) is 14.5 Å². The van der Waals surface area contributed by atoms with Gasteiger partial charge >= 0.3 is 0 Å². The van der Waals surface area contributed by atoms with Crippen molar-refractivity contribution in [3.05, 3.63) is 98.9 Å². The molecule has 1 atom stereocenters. The number of fused-ring (bicyclic) bond motifs is 2. The average molecular weight is 448 g/mol. The molecule has 0 N–H and O–H groups in total. The lowest BCUT2D eigenvalue weighted by Crippen LogP contribution is -2.29. The number of hydrogen-bond acceptors (Lipinski definition) is 5. The minimum absolute atomic E-state index is 0.0217. The minimum Gasteiger partial charge on any atom is -0.497 e. The zero-order valence-electron chi connectivity index (χ0n) is 17.3. The van der Waals surface area contributed by atoms with Crippen LogP contribution in [0.3, 0.4) is 0 Å². The summed E-state index contributed by atoms with van der Waals surface area (Å²) >= 11 is 6.13. The largest absolute Gasteiger partial charge is 0.497 e. The summed E-state index contributed by atoms with van der Waals surface area (Å²) in [5.74, 6) is 0.900. The standard InChI is InChI=1S/C25H18ClNO5/c1-30-17-9-7-16(8-10-17)27-22(14-4-3-5-18(12-14)31-2)21-23(28)19-13-15(26)6-11-20(19)32-24(21)25(27)29/h3-13,22H,1-2H3. The van der Waals surface area contributed by atoms with E-state index in [2.05, 4.69) is 0 Å². The van der Waals surface area contributed by atoms with Crippen molar-refractivity contribution in [1.82, 2.24) is 0 Å². The van der Waals surface area contributed by atoms with E-state index < -0.39 is 11.9 Å². The molecule has 0 saturated carbocycles. The molecule has 5 rings (SSSR count). The molecule has 7 heteroatoms. The van der Waals surface area contributed by atoms with Crippen molar-refractivity contribution >= 4 is 34.2 Å². The minimum atomic E-state index is -0.694. The van der Waals surface area contributed by atoms with E-state index in [1.165, 1.54) is 0 Å². The molecule has 1 unspecified atom stereocenters. The summed E-state index contributed by atoms with van der Waals surface area (Å²) in [5, 5.41) is 0.743. The topological polar surface area (TPSA) is 69.0 Å². The van der Waals surface area contributed by atoms with E-state index in [0.717, 1.165) is 5.56 Å². The Hall–Kier alpha value is -3.77. The van der Waals surface area contributed by atoms with Crippen molar-refractivity contribution in [1.29, 1.82) is 0 Å². The quantitative estimate of drug-likeness (QED) is 0.429. The van der Waals surface area contributed by atoms with Crippen molar-refractivity contribution in [2.75, 3.05) is 19.1 Å². The highest BCUT2D eigenvalue weighted by Crippen LogP contribution is 2.42. The third-order valence-electron chi connectivity index (χ3n) is 5.59. The lowest BCUT2D eigenvalue weighted by molar-refractivity contribution is 0.0971. The van der Waals surface area contributed by atoms with Crippen LogP contribution in [0, 0.1) is 0 Å². The van der Waals surface area contributed by atoms with Gasteiger partial charge in [0.1, 0.15) is 17.1 Å². The van der Waals surface area contributed by atoms with Crippen molar-refractivity contribution in [2.24, 2.45) is 0 Å². The first-order valence-corrected chi connectivity index (χ1v) is 10.3. The molecule has 160 valence electrons. The second-order valence-electron chi connectivity index (χ2n) is 7.37. The molecule has 4 aromatic rings. The Morgan fingerprint density at radius 2 is 1.66 bits per heavy atom. The molecule has 2 heterocycles. The first-order valence-electron chi connectivity index (χ1n) is 9.89. The molecule has 1 aliphatic rings. The number of carbonyl (C=O) groups excluding carboxylic acids is 1. The monoisotopic (exact) mass is 447 g/mol. The molecule has 1 aliphatic heterocycles. The van der Waals surface area contributed by atoms with Crippen molar-refractivity contribution in [3.8, 4) is 11.5 Å². The molecular formula is C25H18ClNO5. The highest BCUT2D eigenvalue weighted by Gasteiger charge is 2.43. The number of anilines is 1. The van der Waals surface area contributed by atoms with E-state index in [0.29, 0.717) is 33.2 Å². The molecule has 0 radical (unpaired) electrons. The Labute approximate surface area is 188 Å². The highest BCUT2D eigenvalue weighted by atomic mass is 35.5. The van der Waals surface area contributed by atoms with E-state index in [1.807, 2.05) is 24.3 Å². The molecule has 1 aromatic heterocycles. The average Bonchev–Trinajstić information content (AvgIpc) is 3.12. The smallest absolute Gasteiger partial charge is 0.295 e. The summed E-state index contributed by atoms with van der Waals surface area (Å²) in [6, 6.07) is 18.5. The number of methoxy groups -OCH3 is 2. The lowest BCUT2D eigenvalue weighted by Gasteiger charge is -2.25. The van der Waals surface area contributed by atoms with E-state index in [9.17, 15) is 9.59 Å². The van der Waals surface area contributed by atoms with Gasteiger partial charge in [0.05, 0.1) is 31.2 Å². The number of carbonyl (C=O) groups is 1. The molecule has 0 spiro atoms. The second kappa shape index (κ2) is 7.73. The molecule has 0 aliphatic carbocycles. The Bertz CT molecular complexity index is 1410. The van der Waals surface area contributed by atoms with E-state index in [-0.39, 0.29) is 16.8 Å². The van der Waals surface area contributed by atoms with Crippen LogP contribution >= 0.6 is 11.6 Å². The van der Waals surface area contributed by atoms with Crippen LogP contribution in [0.4, 0.5) is 5.69 Å². The van der Waals surface area contributed by atoms with Gasteiger partial charge in [-0.2, -0.15) is 0 Å². The van der Waals surface area contributed by atoms with Crippen molar-refractivity contribution in [3.63, 3.8) is 0 Å². The van der Waals surface area contributed by atoms with E-state index in [1.54, 1.807) is 61.6 Å². The zero-order valence-corrected chi connectivity index (χ0v) is 18.1. The predicted molar refractivity (Wildman–Crippen MR) is 122 cm³/mol. The number of benzene rings is 3. The van der Waals surface area contributed by atoms with E-state index in [4.69, 9.17) is 25.5 Å². The maximum atomic E-state index is 13.6. The van der Waals surface area contributed by atoms with Gasteiger partial charge in [0.15, 0.2) is 5.43 Å². The summed E-state index contributed by atoms with van der Waals surface area (Å²) in [6.45, 7) is 0. The first kappa shape index (κ1) is 20.2. The number of amides is 1. The van der Waals surface area contributed by atoms with Gasteiger partial charge in [-0.05, 0) is 60.2 Å². The normalized spacial score (nSPS) is 15.2. The molecule has 6 nitrogen and oxygen atoms in total. The Kier molecular flexibility index (Phi) is 4.87. The summed E-state index contributed by atoms with van der Waals surface area (Å²) in [5.41, 5.74) is 1.62. The summed E-state index contributed by atoms with van der Waals surface area (Å²) < 4.78 is 16.6. The molecule has 0 saturated heterocycles. The van der Waals surface area contributed by atoms with Gasteiger partial charge in [0.2, 0.25) is 5.76 Å².